The highest BCUT2D eigenvalue weighted by Gasteiger charge is 2.23. The number of aromatic amines is 1. The molecule has 0 saturated heterocycles. The third-order valence-corrected chi connectivity index (χ3v) is 4.73. The Morgan fingerprint density at radius 2 is 2.03 bits per heavy atom. The molecule has 4 aromatic rings. The van der Waals surface area contributed by atoms with Gasteiger partial charge in [0.05, 0.1) is 16.6 Å². The van der Waals surface area contributed by atoms with Crippen molar-refractivity contribution in [2.75, 3.05) is 5.32 Å². The number of carbonyl (C=O) groups is 2. The number of aromatic nitrogens is 4. The van der Waals surface area contributed by atoms with Crippen LogP contribution in [-0.2, 0) is 9.53 Å². The van der Waals surface area contributed by atoms with Crippen molar-refractivity contribution >= 4 is 28.7 Å². The monoisotopic (exact) mass is 415 g/mol. The molecule has 0 fully saturated rings. The second-order valence-electron chi connectivity index (χ2n) is 7.07. The number of H-pyrrole nitrogens is 1. The summed E-state index contributed by atoms with van der Waals surface area (Å²) in [6.07, 6.45) is 4.41. The number of hydrogen-bond donors (Lipinski definition) is 2. The molecule has 0 spiro atoms. The molecule has 8 heteroatoms. The van der Waals surface area contributed by atoms with Gasteiger partial charge in [-0.1, -0.05) is 6.92 Å². The van der Waals surface area contributed by atoms with Crippen LogP contribution in [0.15, 0.2) is 61.1 Å². The minimum Gasteiger partial charge on any atom is -0.449 e. The molecule has 1 amide bonds. The maximum Gasteiger partial charge on any atom is 0.338 e. The van der Waals surface area contributed by atoms with Crippen LogP contribution in [0.5, 0.6) is 0 Å². The average molecular weight is 415 g/mol. The lowest BCUT2D eigenvalue weighted by Gasteiger charge is -2.16. The number of anilines is 1. The van der Waals surface area contributed by atoms with E-state index in [2.05, 4.69) is 25.3 Å². The summed E-state index contributed by atoms with van der Waals surface area (Å²) in [7, 11) is 0. The van der Waals surface area contributed by atoms with E-state index in [1.54, 1.807) is 49.8 Å². The molecule has 0 saturated carbocycles. The van der Waals surface area contributed by atoms with E-state index >= 15 is 0 Å². The topological polar surface area (TPSA) is 110 Å². The number of hydrogen-bond acceptors (Lipinski definition) is 6. The van der Waals surface area contributed by atoms with Gasteiger partial charge in [-0.3, -0.25) is 9.78 Å². The van der Waals surface area contributed by atoms with Gasteiger partial charge in [0, 0.05) is 24.2 Å². The molecule has 1 unspecified atom stereocenters. The number of fused-ring (bicyclic) bond motifs is 1. The fourth-order valence-corrected chi connectivity index (χ4v) is 3.11. The Hall–Kier alpha value is -4.07. The molecule has 1 atom stereocenters. The van der Waals surface area contributed by atoms with Gasteiger partial charge in [-0.15, -0.1) is 0 Å². The van der Waals surface area contributed by atoms with Crippen LogP contribution in [0.1, 0.15) is 29.3 Å². The van der Waals surface area contributed by atoms with Gasteiger partial charge in [-0.05, 0) is 61.4 Å². The number of benzene rings is 1. The normalized spacial score (nSPS) is 11.8. The minimum absolute atomic E-state index is 0.328. The molecule has 0 radical (unpaired) electrons. The summed E-state index contributed by atoms with van der Waals surface area (Å²) < 4.78 is 5.47. The Bertz CT molecular complexity index is 1240. The summed E-state index contributed by atoms with van der Waals surface area (Å²) >= 11 is 0. The SMILES string of the molecule is CCC(OC(=O)c1ccc2nc(-c3cccnc3)[nH]c2c1)C(=O)Nc1cc(C)ccn1. The van der Waals surface area contributed by atoms with Crippen molar-refractivity contribution in [1.29, 1.82) is 0 Å². The Morgan fingerprint density at radius 1 is 1.16 bits per heavy atom. The van der Waals surface area contributed by atoms with Crippen LogP contribution in [0, 0.1) is 6.92 Å². The highest BCUT2D eigenvalue weighted by molar-refractivity contribution is 5.98. The van der Waals surface area contributed by atoms with Gasteiger partial charge in [-0.2, -0.15) is 0 Å². The van der Waals surface area contributed by atoms with E-state index in [-0.39, 0.29) is 0 Å². The minimum atomic E-state index is -0.932. The van der Waals surface area contributed by atoms with Crippen molar-refractivity contribution in [2.45, 2.75) is 26.4 Å². The molecular formula is C23H21N5O3. The lowest BCUT2D eigenvalue weighted by atomic mass is 10.2. The van der Waals surface area contributed by atoms with Crippen molar-refractivity contribution in [3.8, 4) is 11.4 Å². The number of amides is 1. The van der Waals surface area contributed by atoms with E-state index in [4.69, 9.17) is 4.74 Å². The molecule has 0 aliphatic carbocycles. The first kappa shape index (κ1) is 20.2. The molecule has 31 heavy (non-hydrogen) atoms. The van der Waals surface area contributed by atoms with E-state index < -0.39 is 18.0 Å². The number of imidazole rings is 1. The summed E-state index contributed by atoms with van der Waals surface area (Å²) in [6.45, 7) is 3.68. The first-order valence-electron chi connectivity index (χ1n) is 9.88. The van der Waals surface area contributed by atoms with Gasteiger partial charge in [0.1, 0.15) is 11.6 Å². The summed E-state index contributed by atoms with van der Waals surface area (Å²) in [5, 5.41) is 2.69. The van der Waals surface area contributed by atoms with E-state index in [1.165, 1.54) is 0 Å². The number of carbonyl (C=O) groups excluding carboxylic acids is 2. The molecule has 3 aromatic heterocycles. The molecule has 0 aliphatic rings. The van der Waals surface area contributed by atoms with Gasteiger partial charge in [0.15, 0.2) is 6.10 Å². The van der Waals surface area contributed by atoms with Crippen molar-refractivity contribution in [3.63, 3.8) is 0 Å². The third-order valence-electron chi connectivity index (χ3n) is 4.73. The molecular weight excluding hydrogens is 394 g/mol. The van der Waals surface area contributed by atoms with Crippen LogP contribution in [0.3, 0.4) is 0 Å². The highest BCUT2D eigenvalue weighted by atomic mass is 16.5. The van der Waals surface area contributed by atoms with E-state index in [1.807, 2.05) is 25.1 Å². The molecule has 1 aromatic carbocycles. The fraction of sp³-hybridized carbons (Fsp3) is 0.174. The standard InChI is InChI=1S/C23H21N5O3/c1-3-19(22(29)28-20-11-14(2)8-10-25-20)31-23(30)15-6-7-17-18(12-15)27-21(26-17)16-5-4-9-24-13-16/h4-13,19H,3H2,1-2H3,(H,26,27)(H,25,28,29). The quantitative estimate of drug-likeness (QED) is 0.462. The fourth-order valence-electron chi connectivity index (χ4n) is 3.11. The molecule has 4 rings (SSSR count). The number of pyridine rings is 2. The van der Waals surface area contributed by atoms with Crippen molar-refractivity contribution < 1.29 is 14.3 Å². The number of nitrogens with zero attached hydrogens (tertiary/aromatic N) is 3. The van der Waals surface area contributed by atoms with Crippen LogP contribution < -0.4 is 5.32 Å². The Kier molecular flexibility index (Phi) is 5.70. The third kappa shape index (κ3) is 4.58. The Morgan fingerprint density at radius 3 is 2.77 bits per heavy atom. The van der Waals surface area contributed by atoms with E-state index in [9.17, 15) is 9.59 Å². The van der Waals surface area contributed by atoms with Gasteiger partial charge in [0.2, 0.25) is 0 Å². The first-order chi connectivity index (χ1) is 15.0. The Labute approximate surface area is 178 Å². The molecule has 0 aliphatic heterocycles. The molecule has 0 bridgehead atoms. The number of esters is 1. The second-order valence-corrected chi connectivity index (χ2v) is 7.07. The average Bonchev–Trinajstić information content (AvgIpc) is 3.21. The van der Waals surface area contributed by atoms with Gasteiger partial charge in [0.25, 0.3) is 5.91 Å². The summed E-state index contributed by atoms with van der Waals surface area (Å²) in [5.41, 5.74) is 3.54. The summed E-state index contributed by atoms with van der Waals surface area (Å²) in [6, 6.07) is 12.3. The molecule has 156 valence electrons. The number of rotatable bonds is 6. The summed E-state index contributed by atoms with van der Waals surface area (Å²) in [4.78, 5) is 41.1. The van der Waals surface area contributed by atoms with Crippen LogP contribution in [-0.4, -0.2) is 37.9 Å². The van der Waals surface area contributed by atoms with Gasteiger partial charge < -0.3 is 15.0 Å². The molecule has 3 heterocycles. The first-order valence-corrected chi connectivity index (χ1v) is 9.88. The lowest BCUT2D eigenvalue weighted by Crippen LogP contribution is -2.32. The number of aryl methyl sites for hydroxylation is 1. The molecule has 2 N–H and O–H groups in total. The number of nitrogens with one attached hydrogen (secondary N) is 2. The van der Waals surface area contributed by atoms with Gasteiger partial charge in [-0.25, -0.2) is 14.8 Å². The van der Waals surface area contributed by atoms with Crippen molar-refractivity contribution in [3.05, 3.63) is 72.2 Å². The maximum absolute atomic E-state index is 12.7. The van der Waals surface area contributed by atoms with Crippen molar-refractivity contribution in [1.82, 2.24) is 19.9 Å². The van der Waals surface area contributed by atoms with E-state index in [0.29, 0.717) is 34.7 Å². The lowest BCUT2D eigenvalue weighted by molar-refractivity contribution is -0.124. The number of ether oxygens (including phenoxy) is 1. The molecule has 8 nitrogen and oxygen atoms in total. The smallest absolute Gasteiger partial charge is 0.338 e. The second kappa shape index (κ2) is 8.74. The summed E-state index contributed by atoms with van der Waals surface area (Å²) in [5.74, 6) is 0.0699. The highest BCUT2D eigenvalue weighted by Crippen LogP contribution is 2.21. The van der Waals surface area contributed by atoms with Crippen LogP contribution in [0.2, 0.25) is 0 Å². The maximum atomic E-state index is 12.7. The van der Waals surface area contributed by atoms with Crippen LogP contribution >= 0.6 is 0 Å². The zero-order valence-electron chi connectivity index (χ0n) is 17.1. The zero-order valence-corrected chi connectivity index (χ0v) is 17.1. The Balaban J connectivity index is 1.49. The van der Waals surface area contributed by atoms with Crippen molar-refractivity contribution in [2.24, 2.45) is 0 Å². The zero-order chi connectivity index (χ0) is 21.8. The predicted molar refractivity (Wildman–Crippen MR) is 116 cm³/mol. The van der Waals surface area contributed by atoms with E-state index in [0.717, 1.165) is 11.1 Å². The predicted octanol–water partition coefficient (Wildman–Crippen LogP) is 3.90. The van der Waals surface area contributed by atoms with Gasteiger partial charge >= 0.3 is 5.97 Å². The van der Waals surface area contributed by atoms with Crippen LogP contribution in [0.4, 0.5) is 5.82 Å². The largest absolute Gasteiger partial charge is 0.449 e. The van der Waals surface area contributed by atoms with Crippen LogP contribution in [0.25, 0.3) is 22.4 Å².